The number of nitrogens with one attached hydrogen (secondary N) is 1. The first kappa shape index (κ1) is 13.4. The number of aromatic amines is 1. The summed E-state index contributed by atoms with van der Waals surface area (Å²) in [4.78, 5) is 13.8. The normalized spacial score (nSPS) is 11.0. The summed E-state index contributed by atoms with van der Waals surface area (Å²) in [6.45, 7) is 0. The van der Waals surface area contributed by atoms with Gasteiger partial charge in [0.1, 0.15) is 11.6 Å². The fourth-order valence-electron chi connectivity index (χ4n) is 2.25. The van der Waals surface area contributed by atoms with Crippen LogP contribution in [0.3, 0.4) is 0 Å². The SMILES string of the molecule is O=Cc1c(-c2ccc(F)c(F)c2)[nH]c2c(F)ccc(F)c12. The lowest BCUT2D eigenvalue weighted by Crippen LogP contribution is -1.89. The van der Waals surface area contributed by atoms with Crippen molar-refractivity contribution in [1.29, 1.82) is 0 Å². The lowest BCUT2D eigenvalue weighted by Gasteiger charge is -2.01. The highest BCUT2D eigenvalue weighted by Gasteiger charge is 2.19. The second-order valence-electron chi connectivity index (χ2n) is 4.44. The number of benzene rings is 2. The Labute approximate surface area is 116 Å². The lowest BCUT2D eigenvalue weighted by molar-refractivity contribution is 0.112. The molecule has 21 heavy (non-hydrogen) atoms. The van der Waals surface area contributed by atoms with Crippen LogP contribution in [0.2, 0.25) is 0 Å². The third-order valence-electron chi connectivity index (χ3n) is 3.22. The topological polar surface area (TPSA) is 32.9 Å². The zero-order valence-electron chi connectivity index (χ0n) is 10.4. The van der Waals surface area contributed by atoms with Gasteiger partial charge in [-0.05, 0) is 30.3 Å². The van der Waals surface area contributed by atoms with E-state index in [1.54, 1.807) is 0 Å². The summed E-state index contributed by atoms with van der Waals surface area (Å²) in [5.41, 5.74) is -0.196. The van der Waals surface area contributed by atoms with Gasteiger partial charge in [0.15, 0.2) is 17.9 Å². The minimum Gasteiger partial charge on any atom is -0.351 e. The zero-order chi connectivity index (χ0) is 15.1. The Kier molecular flexibility index (Phi) is 3.01. The molecule has 6 heteroatoms. The summed E-state index contributed by atoms with van der Waals surface area (Å²) < 4.78 is 53.8. The smallest absolute Gasteiger partial charge is 0.159 e. The molecule has 1 heterocycles. The van der Waals surface area contributed by atoms with Crippen LogP contribution in [0.4, 0.5) is 17.6 Å². The van der Waals surface area contributed by atoms with Crippen molar-refractivity contribution >= 4 is 17.2 Å². The van der Waals surface area contributed by atoms with Gasteiger partial charge in [-0.2, -0.15) is 0 Å². The number of hydrogen-bond donors (Lipinski definition) is 1. The molecule has 0 amide bonds. The van der Waals surface area contributed by atoms with Gasteiger partial charge < -0.3 is 4.98 Å². The first-order chi connectivity index (χ1) is 10.0. The number of halogens is 4. The number of hydrogen-bond acceptors (Lipinski definition) is 1. The fourth-order valence-corrected chi connectivity index (χ4v) is 2.25. The quantitative estimate of drug-likeness (QED) is 0.557. The van der Waals surface area contributed by atoms with Crippen LogP contribution in [0.15, 0.2) is 30.3 Å². The van der Waals surface area contributed by atoms with Gasteiger partial charge in [0, 0.05) is 10.9 Å². The highest BCUT2D eigenvalue weighted by Crippen LogP contribution is 2.32. The molecule has 1 aromatic heterocycles. The standard InChI is InChI=1S/C15H7F4NO/c16-9-2-1-7(5-12(9)19)14-8(6-21)13-10(17)3-4-11(18)15(13)20-14/h1-6,20H. The van der Waals surface area contributed by atoms with Crippen molar-refractivity contribution < 1.29 is 22.4 Å². The molecule has 106 valence electrons. The number of carbonyl (C=O) groups excluding carboxylic acids is 1. The van der Waals surface area contributed by atoms with Crippen molar-refractivity contribution in [2.45, 2.75) is 0 Å². The predicted octanol–water partition coefficient (Wildman–Crippen LogP) is 4.20. The Hall–Kier alpha value is -2.63. The van der Waals surface area contributed by atoms with Crippen molar-refractivity contribution in [2.24, 2.45) is 0 Å². The number of carbonyl (C=O) groups is 1. The number of aldehydes is 1. The van der Waals surface area contributed by atoms with E-state index in [-0.39, 0.29) is 27.7 Å². The van der Waals surface area contributed by atoms with E-state index in [4.69, 9.17) is 0 Å². The van der Waals surface area contributed by atoms with Crippen molar-refractivity contribution in [2.75, 3.05) is 0 Å². The molecule has 0 saturated carbocycles. The average Bonchev–Trinajstić information content (AvgIpc) is 2.86. The third-order valence-corrected chi connectivity index (χ3v) is 3.22. The van der Waals surface area contributed by atoms with E-state index < -0.39 is 23.3 Å². The molecule has 0 aliphatic rings. The van der Waals surface area contributed by atoms with Crippen LogP contribution in [0.5, 0.6) is 0 Å². The number of rotatable bonds is 2. The average molecular weight is 293 g/mol. The molecule has 3 aromatic rings. The second kappa shape index (κ2) is 4.73. The number of H-pyrrole nitrogens is 1. The molecule has 0 spiro atoms. The monoisotopic (exact) mass is 293 g/mol. The summed E-state index contributed by atoms with van der Waals surface area (Å²) in [7, 11) is 0. The molecule has 0 aliphatic carbocycles. The van der Waals surface area contributed by atoms with Gasteiger partial charge in [0.2, 0.25) is 0 Å². The second-order valence-corrected chi connectivity index (χ2v) is 4.44. The first-order valence-corrected chi connectivity index (χ1v) is 5.93. The highest BCUT2D eigenvalue weighted by molar-refractivity contribution is 6.04. The van der Waals surface area contributed by atoms with Gasteiger partial charge in [-0.15, -0.1) is 0 Å². The van der Waals surface area contributed by atoms with Crippen molar-refractivity contribution in [3.8, 4) is 11.3 Å². The van der Waals surface area contributed by atoms with Gasteiger partial charge in [0.25, 0.3) is 0 Å². The molecule has 0 aliphatic heterocycles. The Bertz CT molecular complexity index is 870. The van der Waals surface area contributed by atoms with E-state index >= 15 is 0 Å². The predicted molar refractivity (Wildman–Crippen MR) is 69.0 cm³/mol. The van der Waals surface area contributed by atoms with Gasteiger partial charge in [-0.3, -0.25) is 4.79 Å². The van der Waals surface area contributed by atoms with Crippen LogP contribution in [0.25, 0.3) is 22.2 Å². The third kappa shape index (κ3) is 1.99. The zero-order valence-corrected chi connectivity index (χ0v) is 10.4. The van der Waals surface area contributed by atoms with Gasteiger partial charge in [0.05, 0.1) is 16.8 Å². The maximum atomic E-state index is 13.8. The van der Waals surface area contributed by atoms with Gasteiger partial charge in [-0.25, -0.2) is 17.6 Å². The van der Waals surface area contributed by atoms with Crippen LogP contribution < -0.4 is 0 Å². The van der Waals surface area contributed by atoms with Crippen LogP contribution >= 0.6 is 0 Å². The van der Waals surface area contributed by atoms with E-state index in [1.807, 2.05) is 0 Å². The summed E-state index contributed by atoms with van der Waals surface area (Å²) in [5.74, 6) is -3.70. The summed E-state index contributed by atoms with van der Waals surface area (Å²) in [5, 5.41) is -0.218. The molecule has 2 nitrogen and oxygen atoms in total. The Morgan fingerprint density at radius 1 is 0.857 bits per heavy atom. The maximum absolute atomic E-state index is 13.8. The Morgan fingerprint density at radius 2 is 1.52 bits per heavy atom. The minimum absolute atomic E-state index is 0.0305. The molecule has 0 bridgehead atoms. The lowest BCUT2D eigenvalue weighted by atomic mass is 10.1. The molecule has 0 radical (unpaired) electrons. The van der Waals surface area contributed by atoms with Crippen molar-refractivity contribution in [3.05, 3.63) is 59.2 Å². The molecule has 1 N–H and O–H groups in total. The minimum atomic E-state index is -1.12. The maximum Gasteiger partial charge on any atom is 0.159 e. The molecule has 3 rings (SSSR count). The molecule has 0 saturated heterocycles. The van der Waals surface area contributed by atoms with Crippen molar-refractivity contribution in [3.63, 3.8) is 0 Å². The molecular weight excluding hydrogens is 286 g/mol. The van der Waals surface area contributed by atoms with Gasteiger partial charge >= 0.3 is 0 Å². The van der Waals surface area contributed by atoms with Crippen molar-refractivity contribution in [1.82, 2.24) is 4.98 Å². The summed E-state index contributed by atoms with van der Waals surface area (Å²) >= 11 is 0. The Morgan fingerprint density at radius 3 is 2.19 bits per heavy atom. The molecular formula is C15H7F4NO. The summed E-state index contributed by atoms with van der Waals surface area (Å²) in [6, 6.07) is 4.75. The largest absolute Gasteiger partial charge is 0.351 e. The van der Waals surface area contributed by atoms with Crippen LogP contribution in [0.1, 0.15) is 10.4 Å². The van der Waals surface area contributed by atoms with Crippen LogP contribution in [0, 0.1) is 23.3 Å². The van der Waals surface area contributed by atoms with E-state index in [1.165, 1.54) is 6.07 Å². The van der Waals surface area contributed by atoms with Crippen LogP contribution in [-0.2, 0) is 0 Å². The fraction of sp³-hybridized carbons (Fsp3) is 0. The first-order valence-electron chi connectivity index (χ1n) is 5.93. The van der Waals surface area contributed by atoms with Crippen LogP contribution in [-0.4, -0.2) is 11.3 Å². The van der Waals surface area contributed by atoms with E-state index in [0.717, 1.165) is 24.3 Å². The highest BCUT2D eigenvalue weighted by atomic mass is 19.2. The molecule has 0 atom stereocenters. The number of fused-ring (bicyclic) bond motifs is 1. The summed E-state index contributed by atoms with van der Waals surface area (Å²) in [6.07, 6.45) is 0.345. The van der Waals surface area contributed by atoms with E-state index in [9.17, 15) is 22.4 Å². The molecule has 0 fully saturated rings. The molecule has 2 aromatic carbocycles. The van der Waals surface area contributed by atoms with Gasteiger partial charge in [-0.1, -0.05) is 0 Å². The molecule has 0 unspecified atom stereocenters. The Balaban J connectivity index is 2.37. The van der Waals surface area contributed by atoms with E-state index in [2.05, 4.69) is 4.98 Å². The van der Waals surface area contributed by atoms with E-state index in [0.29, 0.717) is 6.29 Å². The number of aromatic nitrogens is 1.